The first-order valence-corrected chi connectivity index (χ1v) is 14.0. The van der Waals surface area contributed by atoms with Crippen LogP contribution in [0.4, 0.5) is 10.2 Å². The second-order valence-corrected chi connectivity index (χ2v) is 10.9. The maximum Gasteiger partial charge on any atom is 0.275 e. The van der Waals surface area contributed by atoms with Crippen LogP contribution in [0.15, 0.2) is 55.4 Å². The Labute approximate surface area is 246 Å². The third-order valence-corrected chi connectivity index (χ3v) is 7.52. The van der Waals surface area contributed by atoms with E-state index >= 15 is 0 Å². The van der Waals surface area contributed by atoms with Gasteiger partial charge in [0.05, 0.1) is 12.3 Å². The Morgan fingerprint density at radius 1 is 1.12 bits per heavy atom. The molecule has 0 unspecified atom stereocenters. The summed E-state index contributed by atoms with van der Waals surface area (Å²) in [5.74, 6) is -0.000277. The predicted octanol–water partition coefficient (Wildman–Crippen LogP) is 4.69. The number of pyridine rings is 2. The first-order chi connectivity index (χ1) is 20.0. The van der Waals surface area contributed by atoms with Gasteiger partial charge in [-0.15, -0.1) is 0 Å². The van der Waals surface area contributed by atoms with Gasteiger partial charge in [-0.2, -0.15) is 0 Å². The molecule has 0 spiro atoms. The van der Waals surface area contributed by atoms with Crippen molar-refractivity contribution in [1.29, 1.82) is 0 Å². The molecule has 0 saturated carbocycles. The van der Waals surface area contributed by atoms with Crippen molar-refractivity contribution in [2.75, 3.05) is 31.5 Å². The SMILES string of the molecule is C=CC(=O)N1CCN(C[C@@H](Oc2cnc(C(=O)Nc3ncc([C@H](C)O)cc3C)c(C)c2)c2ccc(C)c(F)c2)C[C@H]1C. The number of piperazine rings is 1. The van der Waals surface area contributed by atoms with Crippen LogP contribution in [0, 0.1) is 26.6 Å². The highest BCUT2D eigenvalue weighted by molar-refractivity contribution is 6.03. The number of nitrogens with zero attached hydrogens (tertiary/aromatic N) is 4. The molecule has 3 atom stereocenters. The molecule has 1 fully saturated rings. The molecule has 9 nitrogen and oxygen atoms in total. The summed E-state index contributed by atoms with van der Waals surface area (Å²) in [6.45, 7) is 14.8. The normalized spacial score (nSPS) is 16.9. The number of aliphatic hydroxyl groups excluding tert-OH is 1. The van der Waals surface area contributed by atoms with Gasteiger partial charge in [0.2, 0.25) is 5.91 Å². The number of amides is 2. The van der Waals surface area contributed by atoms with Crippen molar-refractivity contribution in [3.63, 3.8) is 0 Å². The maximum atomic E-state index is 14.6. The molecule has 1 aromatic carbocycles. The molecule has 1 saturated heterocycles. The van der Waals surface area contributed by atoms with E-state index in [2.05, 4.69) is 26.8 Å². The number of nitrogens with one attached hydrogen (secondary N) is 1. The van der Waals surface area contributed by atoms with Gasteiger partial charge in [-0.05, 0) is 86.7 Å². The molecule has 10 heteroatoms. The van der Waals surface area contributed by atoms with Crippen molar-refractivity contribution in [2.45, 2.75) is 52.9 Å². The zero-order valence-electron chi connectivity index (χ0n) is 24.7. The van der Waals surface area contributed by atoms with Crippen molar-refractivity contribution < 1.29 is 23.8 Å². The molecule has 2 aromatic heterocycles. The van der Waals surface area contributed by atoms with Crippen LogP contribution in [0.1, 0.15) is 64.4 Å². The van der Waals surface area contributed by atoms with Gasteiger partial charge in [-0.25, -0.2) is 14.4 Å². The van der Waals surface area contributed by atoms with Gasteiger partial charge in [-0.3, -0.25) is 14.5 Å². The second-order valence-electron chi connectivity index (χ2n) is 10.9. The summed E-state index contributed by atoms with van der Waals surface area (Å²) in [6.07, 6.45) is 3.16. The topological polar surface area (TPSA) is 108 Å². The fourth-order valence-electron chi connectivity index (χ4n) is 5.04. The quantitative estimate of drug-likeness (QED) is 0.357. The van der Waals surface area contributed by atoms with Crippen molar-refractivity contribution in [3.05, 3.63) is 94.7 Å². The van der Waals surface area contributed by atoms with E-state index in [0.717, 1.165) is 5.56 Å². The fourth-order valence-corrected chi connectivity index (χ4v) is 5.04. The summed E-state index contributed by atoms with van der Waals surface area (Å²) >= 11 is 0. The molecule has 2 amide bonds. The van der Waals surface area contributed by atoms with E-state index in [1.165, 1.54) is 24.5 Å². The molecule has 3 aromatic rings. The third kappa shape index (κ3) is 7.18. The minimum Gasteiger partial charge on any atom is -0.483 e. The number of ether oxygens (including phenoxy) is 1. The average Bonchev–Trinajstić information content (AvgIpc) is 2.94. The largest absolute Gasteiger partial charge is 0.483 e. The van der Waals surface area contributed by atoms with E-state index in [1.807, 2.05) is 13.0 Å². The number of hydrogen-bond donors (Lipinski definition) is 2. The highest BCUT2D eigenvalue weighted by Gasteiger charge is 2.29. The second kappa shape index (κ2) is 13.2. The highest BCUT2D eigenvalue weighted by Crippen LogP contribution is 2.27. The van der Waals surface area contributed by atoms with Crippen LogP contribution in [0.3, 0.4) is 0 Å². The first-order valence-electron chi connectivity index (χ1n) is 14.0. The van der Waals surface area contributed by atoms with Crippen LogP contribution in [-0.4, -0.2) is 68.9 Å². The Morgan fingerprint density at radius 2 is 1.88 bits per heavy atom. The number of benzene rings is 1. The molecule has 4 rings (SSSR count). The lowest BCUT2D eigenvalue weighted by atomic mass is 10.0. The Morgan fingerprint density at radius 3 is 2.50 bits per heavy atom. The highest BCUT2D eigenvalue weighted by atomic mass is 19.1. The zero-order chi connectivity index (χ0) is 30.6. The summed E-state index contributed by atoms with van der Waals surface area (Å²) in [5.41, 5.74) is 3.42. The summed E-state index contributed by atoms with van der Waals surface area (Å²) in [7, 11) is 0. The van der Waals surface area contributed by atoms with Gasteiger partial charge in [0.15, 0.2) is 0 Å². The Balaban J connectivity index is 1.52. The average molecular weight is 576 g/mol. The number of rotatable bonds is 9. The van der Waals surface area contributed by atoms with Crippen molar-refractivity contribution in [1.82, 2.24) is 19.8 Å². The molecule has 2 N–H and O–H groups in total. The van der Waals surface area contributed by atoms with Gasteiger partial charge in [-0.1, -0.05) is 18.7 Å². The minimum absolute atomic E-state index is 0.0114. The molecule has 0 bridgehead atoms. The molecule has 42 heavy (non-hydrogen) atoms. The van der Waals surface area contributed by atoms with E-state index in [9.17, 15) is 19.1 Å². The zero-order valence-corrected chi connectivity index (χ0v) is 24.7. The van der Waals surface area contributed by atoms with E-state index in [0.29, 0.717) is 60.0 Å². The molecular formula is C32H38FN5O4. The molecule has 3 heterocycles. The van der Waals surface area contributed by atoms with E-state index in [-0.39, 0.29) is 23.5 Å². The fraction of sp³-hybridized carbons (Fsp3) is 0.375. The van der Waals surface area contributed by atoms with Crippen molar-refractivity contribution in [3.8, 4) is 5.75 Å². The summed E-state index contributed by atoms with van der Waals surface area (Å²) in [5, 5.41) is 12.6. The van der Waals surface area contributed by atoms with Crippen LogP contribution < -0.4 is 10.1 Å². The Hall–Kier alpha value is -4.15. The summed E-state index contributed by atoms with van der Waals surface area (Å²) in [6, 6.07) is 8.56. The lowest BCUT2D eigenvalue weighted by Crippen LogP contribution is -2.54. The number of carbonyl (C=O) groups is 2. The van der Waals surface area contributed by atoms with Crippen LogP contribution in [0.25, 0.3) is 0 Å². The van der Waals surface area contributed by atoms with E-state index < -0.39 is 18.1 Å². The Bertz CT molecular complexity index is 1480. The first kappa shape index (κ1) is 30.8. The van der Waals surface area contributed by atoms with Crippen LogP contribution in [-0.2, 0) is 4.79 Å². The van der Waals surface area contributed by atoms with Crippen LogP contribution in [0.2, 0.25) is 0 Å². The standard InChI is InChI=1S/C32H38FN5O4/c1-7-29(40)38-11-10-37(17-22(38)5)18-28(24-9-8-19(2)27(33)14-24)42-26-13-20(3)30(34-16-26)32(41)36-31-21(4)12-25(15-35-31)23(6)39/h7-9,12-16,22-23,28,39H,1,10-11,17-18H2,2-6H3,(H,35,36,41)/t22-,23+,28-/m1/s1. The number of halogens is 1. The van der Waals surface area contributed by atoms with Gasteiger partial charge >= 0.3 is 0 Å². The molecule has 0 radical (unpaired) electrons. The van der Waals surface area contributed by atoms with Crippen molar-refractivity contribution in [2.24, 2.45) is 0 Å². The molecule has 0 aliphatic carbocycles. The molecular weight excluding hydrogens is 537 g/mol. The monoisotopic (exact) mass is 575 g/mol. The lowest BCUT2D eigenvalue weighted by Gasteiger charge is -2.40. The van der Waals surface area contributed by atoms with E-state index in [1.54, 1.807) is 50.8 Å². The van der Waals surface area contributed by atoms with E-state index in [4.69, 9.17) is 4.74 Å². The Kier molecular flexibility index (Phi) is 9.70. The van der Waals surface area contributed by atoms with Crippen LogP contribution in [0.5, 0.6) is 5.75 Å². The van der Waals surface area contributed by atoms with Gasteiger partial charge in [0.1, 0.15) is 29.2 Å². The number of aryl methyl sites for hydroxylation is 3. The molecule has 1 aliphatic heterocycles. The number of aromatic nitrogens is 2. The van der Waals surface area contributed by atoms with Crippen LogP contribution >= 0.6 is 0 Å². The lowest BCUT2D eigenvalue weighted by molar-refractivity contribution is -0.130. The van der Waals surface area contributed by atoms with Crippen molar-refractivity contribution >= 4 is 17.6 Å². The summed E-state index contributed by atoms with van der Waals surface area (Å²) < 4.78 is 21.0. The smallest absolute Gasteiger partial charge is 0.275 e. The molecule has 1 aliphatic rings. The number of anilines is 1. The third-order valence-electron chi connectivity index (χ3n) is 7.52. The summed E-state index contributed by atoms with van der Waals surface area (Å²) in [4.78, 5) is 37.8. The maximum absolute atomic E-state index is 14.6. The number of hydrogen-bond acceptors (Lipinski definition) is 7. The van der Waals surface area contributed by atoms with Gasteiger partial charge in [0.25, 0.3) is 5.91 Å². The number of aliphatic hydroxyl groups is 1. The minimum atomic E-state index is -0.660. The van der Waals surface area contributed by atoms with Gasteiger partial charge in [0, 0.05) is 38.4 Å². The predicted molar refractivity (Wildman–Crippen MR) is 159 cm³/mol. The van der Waals surface area contributed by atoms with Gasteiger partial charge < -0.3 is 20.1 Å². The number of carbonyl (C=O) groups excluding carboxylic acids is 2. The molecule has 222 valence electrons.